The molecule has 0 radical (unpaired) electrons. The Morgan fingerprint density at radius 3 is 2.91 bits per heavy atom. The largest absolute Gasteiger partial charge is 0.467 e. The van der Waals surface area contributed by atoms with E-state index in [0.29, 0.717) is 11.6 Å². The topological polar surface area (TPSA) is 58.0 Å². The van der Waals surface area contributed by atoms with Crippen LogP contribution in [0.5, 0.6) is 0 Å². The molecule has 0 bridgehead atoms. The average molecular weight is 317 g/mol. The number of fused-ring (bicyclic) bond motifs is 1. The number of aromatic amines is 1. The zero-order chi connectivity index (χ0) is 15.7. The van der Waals surface area contributed by atoms with Gasteiger partial charge in [0.15, 0.2) is 0 Å². The molecule has 0 fully saturated rings. The van der Waals surface area contributed by atoms with Gasteiger partial charge in [-0.3, -0.25) is 4.79 Å². The minimum atomic E-state index is -0.668. The molecule has 0 aliphatic heterocycles. The van der Waals surface area contributed by atoms with Crippen LogP contribution in [0.4, 0.5) is 0 Å². The molecule has 0 saturated carbocycles. The molecular formula is C17H17ClN2O2. The van der Waals surface area contributed by atoms with E-state index < -0.39 is 5.41 Å². The average Bonchev–Trinajstić information content (AvgIpc) is 3.13. The van der Waals surface area contributed by atoms with Crippen LogP contribution >= 0.6 is 11.6 Å². The van der Waals surface area contributed by atoms with Crippen LogP contribution in [0.15, 0.2) is 47.2 Å². The molecule has 1 aromatic carbocycles. The molecule has 2 aromatic heterocycles. The molecule has 0 spiro atoms. The molecule has 0 aliphatic carbocycles. The Balaban J connectivity index is 1.85. The smallest absolute Gasteiger partial charge is 0.230 e. The van der Waals surface area contributed by atoms with E-state index in [9.17, 15) is 4.79 Å². The molecule has 1 amide bonds. The summed E-state index contributed by atoms with van der Waals surface area (Å²) in [5.41, 5.74) is 1.20. The van der Waals surface area contributed by atoms with Gasteiger partial charge in [-0.25, -0.2) is 0 Å². The van der Waals surface area contributed by atoms with E-state index in [4.69, 9.17) is 16.0 Å². The van der Waals surface area contributed by atoms with E-state index in [1.54, 1.807) is 12.3 Å². The first-order valence-electron chi connectivity index (χ1n) is 7.06. The fourth-order valence-corrected chi connectivity index (χ4v) is 2.71. The fraction of sp³-hybridized carbons (Fsp3) is 0.235. The van der Waals surface area contributed by atoms with E-state index in [2.05, 4.69) is 10.3 Å². The molecule has 0 saturated heterocycles. The molecule has 0 atom stereocenters. The Kier molecular flexibility index (Phi) is 3.71. The predicted octanol–water partition coefficient (Wildman–Crippen LogP) is 4.01. The number of aromatic nitrogens is 1. The first-order valence-corrected chi connectivity index (χ1v) is 7.44. The Bertz CT molecular complexity index is 803. The van der Waals surface area contributed by atoms with Gasteiger partial charge in [0.25, 0.3) is 0 Å². The van der Waals surface area contributed by atoms with E-state index >= 15 is 0 Å². The van der Waals surface area contributed by atoms with Crippen LogP contribution < -0.4 is 5.32 Å². The van der Waals surface area contributed by atoms with Crippen LogP contribution in [0.3, 0.4) is 0 Å². The number of amides is 1. The summed E-state index contributed by atoms with van der Waals surface area (Å²) in [5.74, 6) is 0.676. The van der Waals surface area contributed by atoms with Crippen LogP contribution in [0.1, 0.15) is 25.2 Å². The van der Waals surface area contributed by atoms with Crippen molar-refractivity contribution in [2.75, 3.05) is 0 Å². The number of benzene rings is 1. The molecular weight excluding hydrogens is 300 g/mol. The van der Waals surface area contributed by atoms with Crippen molar-refractivity contribution in [3.63, 3.8) is 0 Å². The molecule has 2 heterocycles. The van der Waals surface area contributed by atoms with Gasteiger partial charge in [0.2, 0.25) is 5.91 Å². The Morgan fingerprint density at radius 2 is 2.18 bits per heavy atom. The molecule has 0 unspecified atom stereocenters. The van der Waals surface area contributed by atoms with Crippen molar-refractivity contribution in [1.29, 1.82) is 0 Å². The zero-order valence-electron chi connectivity index (χ0n) is 12.4. The number of carbonyl (C=O) groups is 1. The number of furan rings is 1. The van der Waals surface area contributed by atoms with Crippen molar-refractivity contribution < 1.29 is 9.21 Å². The minimum absolute atomic E-state index is 0.0558. The molecule has 0 aliphatic rings. The van der Waals surface area contributed by atoms with E-state index in [-0.39, 0.29) is 5.91 Å². The summed E-state index contributed by atoms with van der Waals surface area (Å²) in [5, 5.41) is 4.59. The summed E-state index contributed by atoms with van der Waals surface area (Å²) < 4.78 is 5.24. The second kappa shape index (κ2) is 5.54. The highest BCUT2D eigenvalue weighted by atomic mass is 35.5. The van der Waals surface area contributed by atoms with Gasteiger partial charge in [0.1, 0.15) is 5.76 Å². The maximum atomic E-state index is 12.6. The monoisotopic (exact) mass is 316 g/mol. The van der Waals surface area contributed by atoms with Crippen molar-refractivity contribution in [1.82, 2.24) is 10.3 Å². The van der Waals surface area contributed by atoms with Crippen molar-refractivity contribution in [3.05, 3.63) is 59.1 Å². The van der Waals surface area contributed by atoms with E-state index in [1.165, 1.54) is 0 Å². The fourth-order valence-electron chi connectivity index (χ4n) is 2.54. The second-order valence-corrected chi connectivity index (χ2v) is 6.22. The van der Waals surface area contributed by atoms with Gasteiger partial charge in [-0.05, 0) is 43.7 Å². The highest BCUT2D eigenvalue weighted by molar-refractivity contribution is 6.31. The third kappa shape index (κ3) is 2.62. The Morgan fingerprint density at radius 1 is 1.36 bits per heavy atom. The highest BCUT2D eigenvalue weighted by Crippen LogP contribution is 2.32. The third-order valence-corrected chi connectivity index (χ3v) is 4.12. The molecule has 4 nitrogen and oxygen atoms in total. The molecule has 3 aromatic rings. The number of hydrogen-bond donors (Lipinski definition) is 2. The van der Waals surface area contributed by atoms with Gasteiger partial charge in [0, 0.05) is 22.1 Å². The van der Waals surface area contributed by atoms with Gasteiger partial charge in [-0.1, -0.05) is 17.7 Å². The highest BCUT2D eigenvalue weighted by Gasteiger charge is 2.32. The SMILES string of the molecule is CC(C)(C(=O)NCc1ccco1)c1c[nH]c2cc(Cl)ccc12. The number of carbonyl (C=O) groups excluding carboxylic acids is 1. The lowest BCUT2D eigenvalue weighted by Gasteiger charge is -2.23. The second-order valence-electron chi connectivity index (χ2n) is 5.78. The molecule has 114 valence electrons. The van der Waals surface area contributed by atoms with Crippen LogP contribution in [-0.4, -0.2) is 10.9 Å². The van der Waals surface area contributed by atoms with Crippen LogP contribution in [0.2, 0.25) is 5.02 Å². The molecule has 5 heteroatoms. The number of hydrogen-bond acceptors (Lipinski definition) is 2. The van der Waals surface area contributed by atoms with Crippen molar-refractivity contribution in [2.45, 2.75) is 25.8 Å². The Labute approximate surface area is 133 Å². The summed E-state index contributed by atoms with van der Waals surface area (Å²) in [4.78, 5) is 15.8. The number of halogens is 1. The summed E-state index contributed by atoms with van der Waals surface area (Å²) >= 11 is 6.00. The summed E-state index contributed by atoms with van der Waals surface area (Å²) in [7, 11) is 0. The van der Waals surface area contributed by atoms with Crippen LogP contribution in [0, 0.1) is 0 Å². The maximum Gasteiger partial charge on any atom is 0.230 e. The maximum absolute atomic E-state index is 12.6. The lowest BCUT2D eigenvalue weighted by Crippen LogP contribution is -2.39. The van der Waals surface area contributed by atoms with Crippen molar-refractivity contribution in [2.24, 2.45) is 0 Å². The number of H-pyrrole nitrogens is 1. The van der Waals surface area contributed by atoms with Gasteiger partial charge >= 0.3 is 0 Å². The van der Waals surface area contributed by atoms with Gasteiger partial charge in [-0.15, -0.1) is 0 Å². The number of nitrogens with one attached hydrogen (secondary N) is 2. The molecule has 2 N–H and O–H groups in total. The van der Waals surface area contributed by atoms with Crippen LogP contribution in [0.25, 0.3) is 10.9 Å². The Hall–Kier alpha value is -2.20. The van der Waals surface area contributed by atoms with Gasteiger partial charge < -0.3 is 14.7 Å². The third-order valence-electron chi connectivity index (χ3n) is 3.89. The lowest BCUT2D eigenvalue weighted by atomic mass is 9.83. The first-order chi connectivity index (χ1) is 10.5. The van der Waals surface area contributed by atoms with Crippen molar-refractivity contribution in [3.8, 4) is 0 Å². The summed E-state index contributed by atoms with van der Waals surface area (Å²) in [6.07, 6.45) is 3.46. The van der Waals surface area contributed by atoms with Gasteiger partial charge in [-0.2, -0.15) is 0 Å². The first kappa shape index (κ1) is 14.7. The normalized spacial score (nSPS) is 11.8. The molecule has 3 rings (SSSR count). The molecule has 22 heavy (non-hydrogen) atoms. The predicted molar refractivity (Wildman–Crippen MR) is 86.9 cm³/mol. The van der Waals surface area contributed by atoms with E-state index in [0.717, 1.165) is 22.2 Å². The van der Waals surface area contributed by atoms with Crippen LogP contribution in [-0.2, 0) is 16.8 Å². The lowest BCUT2D eigenvalue weighted by molar-refractivity contribution is -0.125. The van der Waals surface area contributed by atoms with E-state index in [1.807, 2.05) is 44.3 Å². The zero-order valence-corrected chi connectivity index (χ0v) is 13.2. The minimum Gasteiger partial charge on any atom is -0.467 e. The standard InChI is InChI=1S/C17H17ClN2O2/c1-17(2,16(21)20-9-12-4-3-7-22-12)14-10-19-15-8-11(18)5-6-13(14)15/h3-8,10,19H,9H2,1-2H3,(H,20,21). The quantitative estimate of drug-likeness (QED) is 0.764. The van der Waals surface area contributed by atoms with Crippen molar-refractivity contribution >= 4 is 28.4 Å². The number of rotatable bonds is 4. The summed E-state index contributed by atoms with van der Waals surface area (Å²) in [6, 6.07) is 9.26. The summed E-state index contributed by atoms with van der Waals surface area (Å²) in [6.45, 7) is 4.19. The van der Waals surface area contributed by atoms with Gasteiger partial charge in [0.05, 0.1) is 18.2 Å².